The van der Waals surface area contributed by atoms with Crippen molar-refractivity contribution in [2.45, 2.75) is 25.2 Å². The lowest BCUT2D eigenvalue weighted by Gasteiger charge is -2.16. The first-order valence-corrected chi connectivity index (χ1v) is 6.39. The quantitative estimate of drug-likeness (QED) is 0.723. The molecule has 0 N–H and O–H groups in total. The van der Waals surface area contributed by atoms with Gasteiger partial charge in [0.2, 0.25) is 0 Å². The number of likely N-dealkylation sites (tertiary alicyclic amines) is 1. The van der Waals surface area contributed by atoms with E-state index in [1.807, 2.05) is 0 Å². The minimum atomic E-state index is 0.387. The fourth-order valence-electron chi connectivity index (χ4n) is 2.33. The van der Waals surface area contributed by atoms with Gasteiger partial charge < -0.3 is 9.47 Å². The molecule has 2 fully saturated rings. The lowest BCUT2D eigenvalue weighted by atomic mass is 10.2. The summed E-state index contributed by atoms with van der Waals surface area (Å²) in [6.07, 6.45) is 1.95. The van der Waals surface area contributed by atoms with E-state index in [-0.39, 0.29) is 0 Å². The topological polar surface area (TPSA) is 25.0 Å². The van der Waals surface area contributed by atoms with Gasteiger partial charge >= 0.3 is 0 Å². The zero-order chi connectivity index (χ0) is 11.5. The minimum absolute atomic E-state index is 0.387. The summed E-state index contributed by atoms with van der Waals surface area (Å²) in [6, 6.07) is 10.6. The summed E-state index contributed by atoms with van der Waals surface area (Å²) in [5, 5.41) is 0. The highest BCUT2D eigenvalue weighted by atomic mass is 16.6. The van der Waals surface area contributed by atoms with Crippen molar-refractivity contribution in [2.75, 3.05) is 26.3 Å². The first-order valence-electron chi connectivity index (χ1n) is 6.39. The van der Waals surface area contributed by atoms with Crippen LogP contribution in [0.3, 0.4) is 0 Å². The van der Waals surface area contributed by atoms with Gasteiger partial charge in [-0.15, -0.1) is 0 Å². The number of rotatable bonds is 5. The summed E-state index contributed by atoms with van der Waals surface area (Å²) >= 11 is 0. The van der Waals surface area contributed by atoms with Crippen LogP contribution in [0, 0.1) is 0 Å². The second-order valence-corrected chi connectivity index (χ2v) is 4.92. The van der Waals surface area contributed by atoms with E-state index in [0.29, 0.717) is 12.2 Å². The molecule has 3 rings (SSSR count). The monoisotopic (exact) mass is 233 g/mol. The van der Waals surface area contributed by atoms with Gasteiger partial charge in [-0.05, 0) is 12.0 Å². The molecule has 1 aromatic rings. The molecule has 0 saturated carbocycles. The Labute approximate surface area is 102 Å². The van der Waals surface area contributed by atoms with Crippen molar-refractivity contribution in [1.82, 2.24) is 4.90 Å². The second kappa shape index (κ2) is 5.17. The van der Waals surface area contributed by atoms with Crippen molar-refractivity contribution >= 4 is 0 Å². The van der Waals surface area contributed by atoms with E-state index in [0.717, 1.165) is 39.3 Å². The van der Waals surface area contributed by atoms with Crippen LogP contribution in [0.4, 0.5) is 0 Å². The van der Waals surface area contributed by atoms with E-state index in [4.69, 9.17) is 9.47 Å². The Hall–Kier alpha value is -0.900. The molecule has 3 heteroatoms. The number of nitrogens with zero attached hydrogens (tertiary/aromatic N) is 1. The number of epoxide rings is 1. The molecule has 2 unspecified atom stereocenters. The molecule has 2 aliphatic heterocycles. The summed E-state index contributed by atoms with van der Waals surface area (Å²) in [7, 11) is 0. The number of ether oxygens (including phenoxy) is 2. The molecule has 0 spiro atoms. The van der Waals surface area contributed by atoms with Crippen molar-refractivity contribution in [3.63, 3.8) is 0 Å². The third-order valence-electron chi connectivity index (χ3n) is 3.40. The lowest BCUT2D eigenvalue weighted by molar-refractivity contribution is 0.0479. The smallest absolute Gasteiger partial charge is 0.104 e. The summed E-state index contributed by atoms with van der Waals surface area (Å²) in [5.74, 6) is 0. The number of hydrogen-bond acceptors (Lipinski definition) is 3. The van der Waals surface area contributed by atoms with Crippen molar-refractivity contribution in [1.29, 1.82) is 0 Å². The third kappa shape index (κ3) is 3.28. The Kier molecular flexibility index (Phi) is 3.41. The van der Waals surface area contributed by atoms with Gasteiger partial charge in [0.05, 0.1) is 19.3 Å². The largest absolute Gasteiger partial charge is 0.374 e. The van der Waals surface area contributed by atoms with Gasteiger partial charge in [-0.3, -0.25) is 4.90 Å². The molecule has 3 nitrogen and oxygen atoms in total. The second-order valence-electron chi connectivity index (χ2n) is 4.92. The number of benzene rings is 1. The van der Waals surface area contributed by atoms with Gasteiger partial charge in [-0.25, -0.2) is 0 Å². The van der Waals surface area contributed by atoms with E-state index in [9.17, 15) is 0 Å². The molecular weight excluding hydrogens is 214 g/mol. The van der Waals surface area contributed by atoms with Crippen LogP contribution in [0.2, 0.25) is 0 Å². The lowest BCUT2D eigenvalue weighted by Crippen LogP contribution is -2.23. The first-order chi connectivity index (χ1) is 8.40. The molecule has 2 atom stereocenters. The highest BCUT2D eigenvalue weighted by Gasteiger charge is 2.27. The van der Waals surface area contributed by atoms with Crippen LogP contribution < -0.4 is 0 Å². The van der Waals surface area contributed by atoms with E-state index >= 15 is 0 Å². The average Bonchev–Trinajstić information content (AvgIpc) is 3.09. The average molecular weight is 233 g/mol. The fraction of sp³-hybridized carbons (Fsp3) is 0.571. The van der Waals surface area contributed by atoms with Gasteiger partial charge in [0.1, 0.15) is 6.10 Å². The van der Waals surface area contributed by atoms with Crippen molar-refractivity contribution in [3.8, 4) is 0 Å². The van der Waals surface area contributed by atoms with Crippen LogP contribution in [0.1, 0.15) is 12.0 Å². The maximum Gasteiger partial charge on any atom is 0.104 e. The standard InChI is InChI=1S/C14H19NO2/c1-2-4-12(5-3-1)8-15-7-6-13(9-15)16-10-14-11-17-14/h1-5,13-14H,6-11H2. The Balaban J connectivity index is 1.43. The van der Waals surface area contributed by atoms with Gasteiger partial charge in [0, 0.05) is 19.6 Å². The Morgan fingerprint density at radius 3 is 2.88 bits per heavy atom. The van der Waals surface area contributed by atoms with E-state index in [1.54, 1.807) is 0 Å². The van der Waals surface area contributed by atoms with Crippen molar-refractivity contribution in [3.05, 3.63) is 35.9 Å². The molecule has 2 heterocycles. The highest BCUT2D eigenvalue weighted by molar-refractivity contribution is 5.14. The van der Waals surface area contributed by atoms with Gasteiger partial charge in [0.25, 0.3) is 0 Å². The zero-order valence-corrected chi connectivity index (χ0v) is 10.0. The normalized spacial score (nSPS) is 28.5. The van der Waals surface area contributed by atoms with E-state index in [2.05, 4.69) is 35.2 Å². The SMILES string of the molecule is c1ccc(CN2CCC(OCC3CO3)C2)cc1. The summed E-state index contributed by atoms with van der Waals surface area (Å²) in [6.45, 7) is 4.91. The molecule has 0 aromatic heterocycles. The van der Waals surface area contributed by atoms with E-state index in [1.165, 1.54) is 5.56 Å². The molecule has 2 aliphatic rings. The van der Waals surface area contributed by atoms with Crippen LogP contribution in [0.5, 0.6) is 0 Å². The Bertz CT molecular complexity index is 350. The molecule has 2 saturated heterocycles. The zero-order valence-electron chi connectivity index (χ0n) is 10.0. The molecule has 17 heavy (non-hydrogen) atoms. The van der Waals surface area contributed by atoms with Gasteiger partial charge in [0.15, 0.2) is 0 Å². The molecule has 0 radical (unpaired) electrons. The third-order valence-corrected chi connectivity index (χ3v) is 3.40. The highest BCUT2D eigenvalue weighted by Crippen LogP contribution is 2.18. The van der Waals surface area contributed by atoms with Crippen LogP contribution in [0.15, 0.2) is 30.3 Å². The van der Waals surface area contributed by atoms with Crippen LogP contribution in [-0.4, -0.2) is 43.4 Å². The first kappa shape index (κ1) is 11.2. The molecule has 0 aliphatic carbocycles. The molecule has 92 valence electrons. The maximum atomic E-state index is 5.83. The summed E-state index contributed by atoms with van der Waals surface area (Å²) in [5.41, 5.74) is 1.39. The molecular formula is C14H19NO2. The number of hydrogen-bond donors (Lipinski definition) is 0. The summed E-state index contributed by atoms with van der Waals surface area (Å²) < 4.78 is 11.0. The van der Waals surface area contributed by atoms with Gasteiger partial charge in [-0.2, -0.15) is 0 Å². The summed E-state index contributed by atoms with van der Waals surface area (Å²) in [4.78, 5) is 2.47. The Morgan fingerprint density at radius 2 is 2.12 bits per heavy atom. The maximum absolute atomic E-state index is 5.83. The van der Waals surface area contributed by atoms with Gasteiger partial charge in [-0.1, -0.05) is 30.3 Å². The van der Waals surface area contributed by atoms with Crippen LogP contribution in [-0.2, 0) is 16.0 Å². The predicted molar refractivity (Wildman–Crippen MR) is 65.8 cm³/mol. The van der Waals surface area contributed by atoms with Crippen molar-refractivity contribution in [2.24, 2.45) is 0 Å². The van der Waals surface area contributed by atoms with Crippen LogP contribution >= 0.6 is 0 Å². The molecule has 0 amide bonds. The van der Waals surface area contributed by atoms with Crippen LogP contribution in [0.25, 0.3) is 0 Å². The molecule has 1 aromatic carbocycles. The Morgan fingerprint density at radius 1 is 1.29 bits per heavy atom. The fourth-order valence-corrected chi connectivity index (χ4v) is 2.33. The minimum Gasteiger partial charge on any atom is -0.374 e. The molecule has 0 bridgehead atoms. The van der Waals surface area contributed by atoms with E-state index < -0.39 is 0 Å². The van der Waals surface area contributed by atoms with Crippen molar-refractivity contribution < 1.29 is 9.47 Å². The predicted octanol–water partition coefficient (Wildman–Crippen LogP) is 1.68.